The number of rotatable bonds is 6. The van der Waals surface area contributed by atoms with Gasteiger partial charge in [0.2, 0.25) is 0 Å². The van der Waals surface area contributed by atoms with E-state index in [2.05, 4.69) is 20.3 Å². The highest BCUT2D eigenvalue weighted by Crippen LogP contribution is 2.23. The van der Waals surface area contributed by atoms with Crippen LogP contribution in [0.5, 0.6) is 0 Å². The highest BCUT2D eigenvalue weighted by molar-refractivity contribution is 7.91. The van der Waals surface area contributed by atoms with Crippen LogP contribution >= 0.6 is 0 Å². The van der Waals surface area contributed by atoms with Gasteiger partial charge in [-0.1, -0.05) is 0 Å². The molecule has 0 spiro atoms. The van der Waals surface area contributed by atoms with Crippen molar-refractivity contribution >= 4 is 21.6 Å². The molecule has 27 heavy (non-hydrogen) atoms. The second kappa shape index (κ2) is 7.99. The van der Waals surface area contributed by atoms with E-state index in [0.29, 0.717) is 31.2 Å². The maximum atomic E-state index is 12.5. The van der Waals surface area contributed by atoms with E-state index in [0.717, 1.165) is 5.56 Å². The first-order valence-electron chi connectivity index (χ1n) is 8.88. The maximum absolute atomic E-state index is 12.5. The van der Waals surface area contributed by atoms with E-state index >= 15 is 0 Å². The molecule has 1 saturated heterocycles. The lowest BCUT2D eigenvalue weighted by molar-refractivity contribution is 0.0945. The summed E-state index contributed by atoms with van der Waals surface area (Å²) in [6.45, 7) is 4.65. The first-order valence-corrected chi connectivity index (χ1v) is 10.7. The topological polar surface area (TPSA) is 105 Å². The van der Waals surface area contributed by atoms with Crippen LogP contribution in [0.4, 0.5) is 5.82 Å². The summed E-state index contributed by atoms with van der Waals surface area (Å²) in [6, 6.07) is 5.16. The molecule has 1 fully saturated rings. The number of hydrogen-bond acceptors (Lipinski definition) is 7. The predicted molar refractivity (Wildman–Crippen MR) is 102 cm³/mol. The molecule has 0 aliphatic carbocycles. The molecule has 9 heteroatoms. The van der Waals surface area contributed by atoms with E-state index < -0.39 is 9.84 Å². The predicted octanol–water partition coefficient (Wildman–Crippen LogP) is 1.12. The summed E-state index contributed by atoms with van der Waals surface area (Å²) in [5.41, 5.74) is 1.21. The third-order valence-corrected chi connectivity index (χ3v) is 6.29. The number of nitrogens with zero attached hydrogens (tertiary/aromatic N) is 4. The van der Waals surface area contributed by atoms with Crippen molar-refractivity contribution in [1.29, 1.82) is 0 Å². The van der Waals surface area contributed by atoms with Crippen LogP contribution in [0, 0.1) is 6.92 Å². The number of amides is 1. The van der Waals surface area contributed by atoms with Gasteiger partial charge in [-0.2, -0.15) is 0 Å². The molecule has 1 amide bonds. The molecule has 0 bridgehead atoms. The molecule has 2 aromatic heterocycles. The third-order valence-electron chi connectivity index (χ3n) is 4.54. The molecule has 0 radical (unpaired) electrons. The van der Waals surface area contributed by atoms with Gasteiger partial charge in [-0.25, -0.2) is 18.4 Å². The molecule has 2 aromatic rings. The molecule has 1 unspecified atom stereocenters. The van der Waals surface area contributed by atoms with Gasteiger partial charge in [0.15, 0.2) is 9.84 Å². The minimum atomic E-state index is -3.00. The Bertz CT molecular complexity index is 918. The van der Waals surface area contributed by atoms with Crippen LogP contribution in [0.25, 0.3) is 0 Å². The van der Waals surface area contributed by atoms with Gasteiger partial charge in [0, 0.05) is 37.6 Å². The molecule has 3 heterocycles. The summed E-state index contributed by atoms with van der Waals surface area (Å²) >= 11 is 0. The van der Waals surface area contributed by atoms with Crippen molar-refractivity contribution in [2.75, 3.05) is 23.0 Å². The van der Waals surface area contributed by atoms with Crippen molar-refractivity contribution < 1.29 is 13.2 Å². The second-order valence-corrected chi connectivity index (χ2v) is 8.77. The summed E-state index contributed by atoms with van der Waals surface area (Å²) < 4.78 is 23.7. The van der Waals surface area contributed by atoms with Crippen LogP contribution in [0.1, 0.15) is 35.2 Å². The van der Waals surface area contributed by atoms with Gasteiger partial charge in [-0.05, 0) is 38.0 Å². The van der Waals surface area contributed by atoms with Gasteiger partial charge in [-0.3, -0.25) is 9.78 Å². The van der Waals surface area contributed by atoms with Crippen molar-refractivity contribution in [3.05, 3.63) is 47.7 Å². The van der Waals surface area contributed by atoms with Gasteiger partial charge < -0.3 is 10.2 Å². The summed E-state index contributed by atoms with van der Waals surface area (Å²) in [6.07, 6.45) is 3.91. The van der Waals surface area contributed by atoms with Gasteiger partial charge in [0.05, 0.1) is 11.5 Å². The van der Waals surface area contributed by atoms with Crippen LogP contribution in [0.15, 0.2) is 30.6 Å². The van der Waals surface area contributed by atoms with Crippen LogP contribution in [-0.4, -0.2) is 53.4 Å². The molecule has 1 aliphatic heterocycles. The maximum Gasteiger partial charge on any atom is 0.270 e. The summed E-state index contributed by atoms with van der Waals surface area (Å²) in [4.78, 5) is 27.1. The number of hydrogen-bond donors (Lipinski definition) is 1. The minimum absolute atomic E-state index is 0.119. The summed E-state index contributed by atoms with van der Waals surface area (Å²) in [5, 5.41) is 2.84. The molecule has 8 nitrogen and oxygen atoms in total. The fourth-order valence-corrected chi connectivity index (χ4v) is 4.95. The van der Waals surface area contributed by atoms with Gasteiger partial charge in [0.1, 0.15) is 17.3 Å². The molecule has 1 atom stereocenters. The summed E-state index contributed by atoms with van der Waals surface area (Å²) in [5.74, 6) is 1.07. The zero-order valence-corrected chi connectivity index (χ0v) is 16.2. The molecule has 144 valence electrons. The Morgan fingerprint density at radius 1 is 1.30 bits per heavy atom. The van der Waals surface area contributed by atoms with Crippen molar-refractivity contribution in [2.24, 2.45) is 0 Å². The number of sulfone groups is 1. The standard InChI is InChI=1S/C18H23N5O3S/c1-3-23(15-6-9-27(25,26)12-15)17-10-16(21-13(2)22-17)18(24)20-11-14-4-7-19-8-5-14/h4-5,7-8,10,15H,3,6,9,11-12H2,1-2H3,(H,20,24). The van der Waals surface area contributed by atoms with Crippen molar-refractivity contribution in [3.8, 4) is 0 Å². The first kappa shape index (κ1) is 19.2. The monoisotopic (exact) mass is 389 g/mol. The average Bonchev–Trinajstić information content (AvgIpc) is 3.00. The van der Waals surface area contributed by atoms with Crippen molar-refractivity contribution in [2.45, 2.75) is 32.9 Å². The van der Waals surface area contributed by atoms with Gasteiger partial charge in [0.25, 0.3) is 5.91 Å². The van der Waals surface area contributed by atoms with Gasteiger partial charge >= 0.3 is 0 Å². The smallest absolute Gasteiger partial charge is 0.270 e. The van der Waals surface area contributed by atoms with Crippen molar-refractivity contribution in [3.63, 3.8) is 0 Å². The van der Waals surface area contributed by atoms with E-state index in [4.69, 9.17) is 0 Å². The van der Waals surface area contributed by atoms with Crippen LogP contribution in [0.3, 0.4) is 0 Å². The van der Waals surface area contributed by atoms with E-state index in [1.807, 2.05) is 24.0 Å². The van der Waals surface area contributed by atoms with Crippen LogP contribution < -0.4 is 10.2 Å². The Morgan fingerprint density at radius 2 is 2.04 bits per heavy atom. The largest absolute Gasteiger partial charge is 0.353 e. The second-order valence-electron chi connectivity index (χ2n) is 6.54. The molecule has 1 aliphatic rings. The van der Waals surface area contributed by atoms with E-state index in [-0.39, 0.29) is 29.1 Å². The number of carbonyl (C=O) groups excluding carboxylic acids is 1. The zero-order valence-electron chi connectivity index (χ0n) is 15.4. The molecular formula is C18H23N5O3S. The first-order chi connectivity index (χ1) is 12.9. The molecule has 3 rings (SSSR count). The average molecular weight is 389 g/mol. The molecule has 0 aromatic carbocycles. The van der Waals surface area contributed by atoms with E-state index in [1.54, 1.807) is 25.4 Å². The van der Waals surface area contributed by atoms with Crippen LogP contribution in [-0.2, 0) is 16.4 Å². The fourth-order valence-electron chi connectivity index (χ4n) is 3.22. The SMILES string of the molecule is CCN(c1cc(C(=O)NCc2ccncc2)nc(C)n1)C1CCS(=O)(=O)C1. The zero-order chi connectivity index (χ0) is 19.4. The highest BCUT2D eigenvalue weighted by atomic mass is 32.2. The fraction of sp³-hybridized carbons (Fsp3) is 0.444. The number of nitrogens with one attached hydrogen (secondary N) is 1. The minimum Gasteiger partial charge on any atom is -0.353 e. The van der Waals surface area contributed by atoms with E-state index in [1.165, 1.54) is 0 Å². The Balaban J connectivity index is 1.77. The quantitative estimate of drug-likeness (QED) is 0.789. The molecular weight excluding hydrogens is 366 g/mol. The Hall–Kier alpha value is -2.55. The Labute approximate surface area is 159 Å². The number of pyridine rings is 1. The molecule has 0 saturated carbocycles. The van der Waals surface area contributed by atoms with Crippen molar-refractivity contribution in [1.82, 2.24) is 20.3 Å². The lowest BCUT2D eigenvalue weighted by atomic mass is 10.2. The Morgan fingerprint density at radius 3 is 2.67 bits per heavy atom. The Kier molecular flexibility index (Phi) is 5.69. The van der Waals surface area contributed by atoms with Crippen LogP contribution in [0.2, 0.25) is 0 Å². The highest BCUT2D eigenvalue weighted by Gasteiger charge is 2.32. The normalized spacial score (nSPS) is 18.2. The third kappa shape index (κ3) is 4.79. The number of aromatic nitrogens is 3. The van der Waals surface area contributed by atoms with E-state index in [9.17, 15) is 13.2 Å². The van der Waals surface area contributed by atoms with Gasteiger partial charge in [-0.15, -0.1) is 0 Å². The number of aryl methyl sites for hydroxylation is 1. The molecule has 1 N–H and O–H groups in total. The number of anilines is 1. The summed E-state index contributed by atoms with van der Waals surface area (Å²) in [7, 11) is -3.00. The number of carbonyl (C=O) groups is 1. The lowest BCUT2D eigenvalue weighted by Crippen LogP contribution is -2.37. The lowest BCUT2D eigenvalue weighted by Gasteiger charge is -2.28.